The number of nitrogens with zero attached hydrogens (tertiary/aromatic N) is 1. The average molecular weight is 239 g/mol. The number of aliphatic hydroxyl groups is 1. The van der Waals surface area contributed by atoms with E-state index in [1.54, 1.807) is 12.1 Å². The zero-order valence-electron chi connectivity index (χ0n) is 9.72. The van der Waals surface area contributed by atoms with Crippen molar-refractivity contribution in [3.63, 3.8) is 0 Å². The third-order valence-corrected chi connectivity index (χ3v) is 2.50. The lowest BCUT2D eigenvalue weighted by atomic mass is 10.1. The monoisotopic (exact) mass is 239 g/mol. The molecular weight excluding hydrogens is 222 g/mol. The number of rotatable bonds is 6. The van der Waals surface area contributed by atoms with Gasteiger partial charge in [-0.2, -0.15) is 0 Å². The Kier molecular flexibility index (Phi) is 4.71. The SMILES string of the molecule is CC(CCO)CNc1ccc([N+](=O)[O-])c(N)c1. The molecule has 94 valence electrons. The summed E-state index contributed by atoms with van der Waals surface area (Å²) in [7, 11) is 0. The van der Waals surface area contributed by atoms with Crippen LogP contribution in [0, 0.1) is 16.0 Å². The van der Waals surface area contributed by atoms with Gasteiger partial charge in [0, 0.05) is 24.9 Å². The fraction of sp³-hybridized carbons (Fsp3) is 0.455. The summed E-state index contributed by atoms with van der Waals surface area (Å²) in [4.78, 5) is 10.1. The van der Waals surface area contributed by atoms with Crippen molar-refractivity contribution in [1.82, 2.24) is 0 Å². The van der Waals surface area contributed by atoms with Gasteiger partial charge in [0.25, 0.3) is 5.69 Å². The molecule has 1 atom stereocenters. The number of aliphatic hydroxyl groups excluding tert-OH is 1. The van der Waals surface area contributed by atoms with Crippen molar-refractivity contribution < 1.29 is 10.0 Å². The fourth-order valence-electron chi connectivity index (χ4n) is 1.45. The number of nitrogen functional groups attached to an aromatic ring is 1. The molecule has 1 aromatic rings. The molecule has 0 aliphatic carbocycles. The van der Waals surface area contributed by atoms with Crippen molar-refractivity contribution in [2.75, 3.05) is 24.2 Å². The molecule has 0 heterocycles. The first-order valence-electron chi connectivity index (χ1n) is 5.43. The molecule has 1 unspecified atom stereocenters. The Balaban J connectivity index is 2.62. The van der Waals surface area contributed by atoms with Crippen LogP contribution in [0.5, 0.6) is 0 Å². The van der Waals surface area contributed by atoms with E-state index in [2.05, 4.69) is 5.32 Å². The number of nitrogens with one attached hydrogen (secondary N) is 1. The quantitative estimate of drug-likeness (QED) is 0.397. The van der Waals surface area contributed by atoms with Gasteiger partial charge in [0.2, 0.25) is 0 Å². The van der Waals surface area contributed by atoms with Crippen molar-refractivity contribution in [2.24, 2.45) is 5.92 Å². The van der Waals surface area contributed by atoms with Gasteiger partial charge in [0.15, 0.2) is 0 Å². The number of nitrogens with two attached hydrogens (primary N) is 1. The maximum absolute atomic E-state index is 10.6. The molecule has 0 aliphatic heterocycles. The zero-order valence-corrected chi connectivity index (χ0v) is 9.72. The summed E-state index contributed by atoms with van der Waals surface area (Å²) >= 11 is 0. The maximum Gasteiger partial charge on any atom is 0.292 e. The van der Waals surface area contributed by atoms with E-state index in [1.807, 2.05) is 6.92 Å². The largest absolute Gasteiger partial charge is 0.396 e. The second kappa shape index (κ2) is 6.05. The van der Waals surface area contributed by atoms with E-state index < -0.39 is 4.92 Å². The van der Waals surface area contributed by atoms with Gasteiger partial charge in [0.1, 0.15) is 5.69 Å². The Labute approximate surface area is 99.6 Å². The minimum atomic E-state index is -0.506. The molecule has 0 saturated heterocycles. The Hall–Kier alpha value is -1.82. The molecule has 4 N–H and O–H groups in total. The van der Waals surface area contributed by atoms with Crippen molar-refractivity contribution in [3.05, 3.63) is 28.3 Å². The Morgan fingerprint density at radius 3 is 2.82 bits per heavy atom. The van der Waals surface area contributed by atoms with E-state index in [4.69, 9.17) is 10.8 Å². The molecule has 0 amide bonds. The number of nitro groups is 1. The fourth-order valence-corrected chi connectivity index (χ4v) is 1.45. The van der Waals surface area contributed by atoms with E-state index in [1.165, 1.54) is 6.07 Å². The zero-order chi connectivity index (χ0) is 12.8. The van der Waals surface area contributed by atoms with Crippen LogP contribution in [0.1, 0.15) is 13.3 Å². The van der Waals surface area contributed by atoms with Crippen molar-refractivity contribution >= 4 is 17.1 Å². The maximum atomic E-state index is 10.6. The number of hydrogen-bond acceptors (Lipinski definition) is 5. The lowest BCUT2D eigenvalue weighted by Gasteiger charge is -2.12. The third kappa shape index (κ3) is 3.92. The van der Waals surface area contributed by atoms with Crippen LogP contribution in [0.2, 0.25) is 0 Å². The Morgan fingerprint density at radius 1 is 1.59 bits per heavy atom. The molecule has 0 fully saturated rings. The standard InChI is InChI=1S/C11H17N3O3/c1-8(4-5-15)7-13-9-2-3-11(14(16)17)10(12)6-9/h2-3,6,8,13,15H,4-5,7,12H2,1H3. The average Bonchev–Trinajstić information content (AvgIpc) is 2.26. The van der Waals surface area contributed by atoms with Gasteiger partial charge < -0.3 is 16.2 Å². The van der Waals surface area contributed by atoms with Gasteiger partial charge in [-0.15, -0.1) is 0 Å². The van der Waals surface area contributed by atoms with Gasteiger partial charge >= 0.3 is 0 Å². The summed E-state index contributed by atoms with van der Waals surface area (Å²) in [6.45, 7) is 2.86. The molecule has 6 nitrogen and oxygen atoms in total. The van der Waals surface area contributed by atoms with Crippen LogP contribution in [-0.4, -0.2) is 23.2 Å². The van der Waals surface area contributed by atoms with E-state index in [-0.39, 0.29) is 18.0 Å². The third-order valence-electron chi connectivity index (χ3n) is 2.50. The molecular formula is C11H17N3O3. The van der Waals surface area contributed by atoms with Gasteiger partial charge in [-0.05, 0) is 24.5 Å². The molecule has 0 aromatic heterocycles. The first-order chi connectivity index (χ1) is 8.04. The summed E-state index contributed by atoms with van der Waals surface area (Å²) in [5, 5.41) is 22.4. The summed E-state index contributed by atoms with van der Waals surface area (Å²) < 4.78 is 0. The highest BCUT2D eigenvalue weighted by atomic mass is 16.6. The molecule has 1 aromatic carbocycles. The molecule has 6 heteroatoms. The normalized spacial score (nSPS) is 12.1. The van der Waals surface area contributed by atoms with Crippen LogP contribution in [0.15, 0.2) is 18.2 Å². The van der Waals surface area contributed by atoms with Crippen LogP contribution in [-0.2, 0) is 0 Å². The van der Waals surface area contributed by atoms with Gasteiger partial charge in [0.05, 0.1) is 4.92 Å². The summed E-state index contributed by atoms with van der Waals surface area (Å²) in [5.41, 5.74) is 6.38. The second-order valence-corrected chi connectivity index (χ2v) is 4.03. The molecule has 0 radical (unpaired) electrons. The van der Waals surface area contributed by atoms with Gasteiger partial charge in [-0.25, -0.2) is 0 Å². The number of anilines is 2. The first kappa shape index (κ1) is 13.2. The predicted octanol–water partition coefficient (Wildman–Crippen LogP) is 1.61. The lowest BCUT2D eigenvalue weighted by Crippen LogP contribution is -2.12. The van der Waals surface area contributed by atoms with Crippen LogP contribution in [0.3, 0.4) is 0 Å². The number of hydrogen-bond donors (Lipinski definition) is 3. The van der Waals surface area contributed by atoms with Gasteiger partial charge in [-0.1, -0.05) is 6.92 Å². The molecule has 0 saturated carbocycles. The smallest absolute Gasteiger partial charge is 0.292 e. The summed E-state index contributed by atoms with van der Waals surface area (Å²) in [6, 6.07) is 4.55. The van der Waals surface area contributed by atoms with Crippen LogP contribution < -0.4 is 11.1 Å². The lowest BCUT2D eigenvalue weighted by molar-refractivity contribution is -0.383. The second-order valence-electron chi connectivity index (χ2n) is 4.03. The minimum Gasteiger partial charge on any atom is -0.396 e. The highest BCUT2D eigenvalue weighted by Gasteiger charge is 2.11. The van der Waals surface area contributed by atoms with Crippen LogP contribution >= 0.6 is 0 Å². The summed E-state index contributed by atoms with van der Waals surface area (Å²) in [5.74, 6) is 0.330. The highest BCUT2D eigenvalue weighted by Crippen LogP contribution is 2.24. The number of nitro benzene ring substituents is 1. The minimum absolute atomic E-state index is 0.0843. The molecule has 0 bridgehead atoms. The van der Waals surface area contributed by atoms with Crippen molar-refractivity contribution in [3.8, 4) is 0 Å². The number of benzene rings is 1. The van der Waals surface area contributed by atoms with Crippen LogP contribution in [0.25, 0.3) is 0 Å². The van der Waals surface area contributed by atoms with E-state index in [0.717, 1.165) is 12.1 Å². The molecule has 0 aliphatic rings. The van der Waals surface area contributed by atoms with Gasteiger partial charge in [-0.3, -0.25) is 10.1 Å². The molecule has 17 heavy (non-hydrogen) atoms. The topological polar surface area (TPSA) is 101 Å². The Morgan fingerprint density at radius 2 is 2.29 bits per heavy atom. The first-order valence-corrected chi connectivity index (χ1v) is 5.43. The van der Waals surface area contributed by atoms with Crippen LogP contribution in [0.4, 0.5) is 17.1 Å². The van der Waals surface area contributed by atoms with E-state index in [9.17, 15) is 10.1 Å². The van der Waals surface area contributed by atoms with Crippen molar-refractivity contribution in [1.29, 1.82) is 0 Å². The predicted molar refractivity (Wildman–Crippen MR) is 66.9 cm³/mol. The Bertz CT molecular complexity index is 396. The van der Waals surface area contributed by atoms with Crippen molar-refractivity contribution in [2.45, 2.75) is 13.3 Å². The summed E-state index contributed by atoms with van der Waals surface area (Å²) in [6.07, 6.45) is 0.718. The molecule has 1 rings (SSSR count). The van der Waals surface area contributed by atoms with E-state index >= 15 is 0 Å². The highest BCUT2D eigenvalue weighted by molar-refractivity contribution is 5.65. The molecule has 0 spiro atoms. The van der Waals surface area contributed by atoms with E-state index in [0.29, 0.717) is 12.5 Å².